The molecule has 0 amide bonds. The zero-order chi connectivity index (χ0) is 14.8. The monoisotopic (exact) mass is 306 g/mol. The van der Waals surface area contributed by atoms with Crippen LogP contribution in [0.25, 0.3) is 0 Å². The van der Waals surface area contributed by atoms with Crippen molar-refractivity contribution in [3.8, 4) is 11.5 Å². The highest BCUT2D eigenvalue weighted by Crippen LogP contribution is 2.29. The van der Waals surface area contributed by atoms with Gasteiger partial charge in [-0.3, -0.25) is 4.79 Å². The number of ether oxygens (including phenoxy) is 1. The zero-order valence-electron chi connectivity index (χ0n) is 11.3. The molecule has 0 unspecified atom stereocenters. The number of carbonyl (C=O) groups excluding carboxylic acids is 1. The van der Waals surface area contributed by atoms with Crippen LogP contribution in [0.15, 0.2) is 48.5 Å². The molecule has 2 aromatic carbocycles. The van der Waals surface area contributed by atoms with Crippen molar-refractivity contribution in [2.45, 2.75) is 19.3 Å². The number of hydrogen-bond donors (Lipinski definition) is 1. The zero-order valence-corrected chi connectivity index (χ0v) is 12.9. The highest BCUT2D eigenvalue weighted by Gasteiger charge is 2.26. The quantitative estimate of drug-likeness (QED) is 0.816. The molecule has 0 atom stereocenters. The van der Waals surface area contributed by atoms with Crippen LogP contribution in [-0.4, -0.2) is 5.12 Å². The second kappa shape index (κ2) is 5.90. The minimum atomic E-state index is -0.609. The average Bonchev–Trinajstić information content (AvgIpc) is 2.42. The summed E-state index contributed by atoms with van der Waals surface area (Å²) >= 11 is 9.74. The van der Waals surface area contributed by atoms with Gasteiger partial charge in [0.25, 0.3) is 0 Å². The van der Waals surface area contributed by atoms with Crippen LogP contribution in [0.2, 0.25) is 5.02 Å². The smallest absolute Gasteiger partial charge is 0.195 e. The summed E-state index contributed by atoms with van der Waals surface area (Å²) in [6.07, 6.45) is 0. The minimum Gasteiger partial charge on any atom is -0.457 e. The van der Waals surface area contributed by atoms with E-state index in [9.17, 15) is 4.79 Å². The maximum Gasteiger partial charge on any atom is 0.195 e. The van der Waals surface area contributed by atoms with E-state index >= 15 is 0 Å². The number of halogens is 1. The molecule has 0 fully saturated rings. The first-order valence-electron chi connectivity index (χ1n) is 6.17. The summed E-state index contributed by atoms with van der Waals surface area (Å²) in [4.78, 5) is 11.5. The highest BCUT2D eigenvalue weighted by atomic mass is 35.5. The van der Waals surface area contributed by atoms with Crippen molar-refractivity contribution in [2.24, 2.45) is 0 Å². The van der Waals surface area contributed by atoms with Gasteiger partial charge in [0.15, 0.2) is 5.12 Å². The topological polar surface area (TPSA) is 26.3 Å². The molecule has 0 aliphatic heterocycles. The maximum absolute atomic E-state index is 11.5. The Hall–Kier alpha value is -1.45. The molecule has 0 saturated carbocycles. The van der Waals surface area contributed by atoms with Crippen LogP contribution in [-0.2, 0) is 10.2 Å². The number of hydrogen-bond acceptors (Lipinski definition) is 2. The molecule has 104 valence electrons. The summed E-state index contributed by atoms with van der Waals surface area (Å²) in [6.45, 7) is 3.69. The van der Waals surface area contributed by atoms with Gasteiger partial charge in [0, 0.05) is 5.02 Å². The Morgan fingerprint density at radius 2 is 1.45 bits per heavy atom. The van der Waals surface area contributed by atoms with Gasteiger partial charge in [-0.1, -0.05) is 23.7 Å². The van der Waals surface area contributed by atoms with E-state index in [1.54, 1.807) is 24.3 Å². The van der Waals surface area contributed by atoms with Crippen LogP contribution in [0.1, 0.15) is 19.4 Å². The van der Waals surface area contributed by atoms with E-state index in [0.717, 1.165) is 5.56 Å². The lowest BCUT2D eigenvalue weighted by Crippen LogP contribution is -2.24. The van der Waals surface area contributed by atoms with Gasteiger partial charge in [-0.25, -0.2) is 0 Å². The number of thiol groups is 1. The van der Waals surface area contributed by atoms with Crippen LogP contribution in [0.5, 0.6) is 11.5 Å². The second-order valence-corrected chi connectivity index (χ2v) is 5.85. The lowest BCUT2D eigenvalue weighted by Gasteiger charge is -2.21. The van der Waals surface area contributed by atoms with Crippen molar-refractivity contribution in [1.82, 2.24) is 0 Å². The summed E-state index contributed by atoms with van der Waals surface area (Å²) in [5, 5.41) is 0.505. The Kier molecular flexibility index (Phi) is 4.41. The molecular weight excluding hydrogens is 292 g/mol. The standard InChI is InChI=1S/C16H15ClO2S/c1-16(2,15(18)20)11-3-7-13(8-4-11)19-14-9-5-12(17)6-10-14/h3-10H,1-2H3,(H,18,20). The third kappa shape index (κ3) is 3.35. The third-order valence-electron chi connectivity index (χ3n) is 3.16. The molecule has 0 aromatic heterocycles. The van der Waals surface area contributed by atoms with Gasteiger partial charge in [-0.2, -0.15) is 0 Å². The van der Waals surface area contributed by atoms with E-state index in [1.807, 2.05) is 38.1 Å². The molecule has 4 heteroatoms. The number of rotatable bonds is 4. The molecule has 2 nitrogen and oxygen atoms in total. The molecule has 2 rings (SSSR count). The summed E-state index contributed by atoms with van der Waals surface area (Å²) in [7, 11) is 0. The molecule has 2 aromatic rings. The predicted octanol–water partition coefficient (Wildman–Crippen LogP) is 4.87. The SMILES string of the molecule is CC(C)(C(=O)S)c1ccc(Oc2ccc(Cl)cc2)cc1. The first-order chi connectivity index (χ1) is 9.39. The molecular formula is C16H15ClO2S. The Balaban J connectivity index is 2.16. The summed E-state index contributed by atoms with van der Waals surface area (Å²) in [6, 6.07) is 14.6. The molecule has 0 aliphatic carbocycles. The van der Waals surface area contributed by atoms with Crippen molar-refractivity contribution in [2.75, 3.05) is 0 Å². The number of benzene rings is 2. The van der Waals surface area contributed by atoms with Gasteiger partial charge in [0.1, 0.15) is 11.5 Å². The van der Waals surface area contributed by atoms with Gasteiger partial charge in [-0.05, 0) is 55.8 Å². The van der Waals surface area contributed by atoms with Crippen LogP contribution >= 0.6 is 24.2 Å². The molecule has 0 aliphatic rings. The van der Waals surface area contributed by atoms with Crippen LogP contribution in [0.3, 0.4) is 0 Å². The fourth-order valence-electron chi connectivity index (χ4n) is 1.70. The predicted molar refractivity (Wildman–Crippen MR) is 85.0 cm³/mol. The van der Waals surface area contributed by atoms with Gasteiger partial charge in [0.05, 0.1) is 5.41 Å². The van der Waals surface area contributed by atoms with E-state index in [4.69, 9.17) is 16.3 Å². The van der Waals surface area contributed by atoms with Gasteiger partial charge in [-0.15, -0.1) is 12.6 Å². The van der Waals surface area contributed by atoms with Crippen LogP contribution < -0.4 is 4.74 Å². The van der Waals surface area contributed by atoms with Crippen molar-refractivity contribution in [1.29, 1.82) is 0 Å². The Morgan fingerprint density at radius 3 is 1.90 bits per heavy atom. The van der Waals surface area contributed by atoms with E-state index in [0.29, 0.717) is 16.5 Å². The Labute approximate surface area is 129 Å². The summed E-state index contributed by atoms with van der Waals surface area (Å²) in [5.41, 5.74) is 0.294. The molecule has 0 bridgehead atoms. The average molecular weight is 307 g/mol. The Morgan fingerprint density at radius 1 is 1.00 bits per heavy atom. The van der Waals surface area contributed by atoms with E-state index in [-0.39, 0.29) is 5.12 Å². The second-order valence-electron chi connectivity index (χ2n) is 5.01. The van der Waals surface area contributed by atoms with Gasteiger partial charge in [0.2, 0.25) is 0 Å². The van der Waals surface area contributed by atoms with E-state index in [2.05, 4.69) is 12.6 Å². The molecule has 0 radical (unpaired) electrons. The van der Waals surface area contributed by atoms with E-state index in [1.165, 1.54) is 0 Å². The third-order valence-corrected chi connectivity index (χ3v) is 3.97. The normalized spacial score (nSPS) is 11.2. The molecule has 0 N–H and O–H groups in total. The van der Waals surface area contributed by atoms with Crippen LogP contribution in [0.4, 0.5) is 0 Å². The molecule has 0 spiro atoms. The summed E-state index contributed by atoms with van der Waals surface area (Å²) < 4.78 is 5.70. The van der Waals surface area contributed by atoms with Crippen LogP contribution in [0, 0.1) is 0 Å². The van der Waals surface area contributed by atoms with Crippen molar-refractivity contribution in [3.63, 3.8) is 0 Å². The Bertz CT molecular complexity index is 603. The van der Waals surface area contributed by atoms with Gasteiger partial charge < -0.3 is 4.74 Å². The maximum atomic E-state index is 11.5. The first-order valence-corrected chi connectivity index (χ1v) is 6.99. The molecule has 0 saturated heterocycles. The largest absolute Gasteiger partial charge is 0.457 e. The minimum absolute atomic E-state index is 0.163. The number of carbonyl (C=O) groups is 1. The van der Waals surface area contributed by atoms with E-state index < -0.39 is 5.41 Å². The van der Waals surface area contributed by atoms with Crippen molar-refractivity contribution in [3.05, 3.63) is 59.1 Å². The fraction of sp³-hybridized carbons (Fsp3) is 0.188. The molecule has 20 heavy (non-hydrogen) atoms. The van der Waals surface area contributed by atoms with Crippen molar-refractivity contribution < 1.29 is 9.53 Å². The lowest BCUT2D eigenvalue weighted by molar-refractivity contribution is -0.114. The highest BCUT2D eigenvalue weighted by molar-refractivity contribution is 7.96. The summed E-state index contributed by atoms with van der Waals surface area (Å²) in [5.74, 6) is 1.42. The van der Waals surface area contributed by atoms with Gasteiger partial charge >= 0.3 is 0 Å². The first kappa shape index (κ1) is 14.9. The lowest BCUT2D eigenvalue weighted by atomic mass is 9.86. The molecule has 0 heterocycles. The van der Waals surface area contributed by atoms with Crippen molar-refractivity contribution >= 4 is 29.3 Å². The fourth-order valence-corrected chi connectivity index (χ4v) is 1.96.